The van der Waals surface area contributed by atoms with Crippen LogP contribution in [-0.2, 0) is 0 Å². The standard InChI is InChI=1S/C21H23F2NO2/c1-14(18-6-4-5-7-19(18)15(2)25)10-16(12-24-3)13-26-17-8-9-20(22)21(23)11-17/h4-9,11,16,24H,1,10,12-13H2,2-3H3. The van der Waals surface area contributed by atoms with Gasteiger partial charge >= 0.3 is 0 Å². The summed E-state index contributed by atoms with van der Waals surface area (Å²) in [6.45, 7) is 6.63. The van der Waals surface area contributed by atoms with Crippen molar-refractivity contribution in [3.63, 3.8) is 0 Å². The predicted molar refractivity (Wildman–Crippen MR) is 99.4 cm³/mol. The maximum Gasteiger partial charge on any atom is 0.162 e. The van der Waals surface area contributed by atoms with Crippen LogP contribution in [0.25, 0.3) is 5.57 Å². The summed E-state index contributed by atoms with van der Waals surface area (Å²) >= 11 is 0. The second kappa shape index (κ2) is 9.25. The Labute approximate surface area is 152 Å². The van der Waals surface area contributed by atoms with Crippen LogP contribution in [0, 0.1) is 17.6 Å². The lowest BCUT2D eigenvalue weighted by atomic mass is 9.91. The zero-order valence-electron chi connectivity index (χ0n) is 15.0. The highest BCUT2D eigenvalue weighted by atomic mass is 19.2. The predicted octanol–water partition coefficient (Wildman–Crippen LogP) is 4.49. The highest BCUT2D eigenvalue weighted by molar-refractivity contribution is 5.98. The van der Waals surface area contributed by atoms with Gasteiger partial charge in [0.05, 0.1) is 6.61 Å². The number of benzene rings is 2. The van der Waals surface area contributed by atoms with E-state index in [-0.39, 0.29) is 17.5 Å². The molecule has 2 aromatic rings. The van der Waals surface area contributed by atoms with E-state index >= 15 is 0 Å². The van der Waals surface area contributed by atoms with Crippen LogP contribution >= 0.6 is 0 Å². The monoisotopic (exact) mass is 359 g/mol. The first-order valence-corrected chi connectivity index (χ1v) is 8.43. The van der Waals surface area contributed by atoms with Crippen molar-refractivity contribution in [2.45, 2.75) is 13.3 Å². The molecule has 0 spiro atoms. The van der Waals surface area contributed by atoms with Gasteiger partial charge in [-0.25, -0.2) is 8.78 Å². The van der Waals surface area contributed by atoms with Crippen LogP contribution < -0.4 is 10.1 Å². The number of nitrogens with one attached hydrogen (secondary N) is 1. The fraction of sp³-hybridized carbons (Fsp3) is 0.286. The van der Waals surface area contributed by atoms with Crippen LogP contribution in [0.2, 0.25) is 0 Å². The van der Waals surface area contributed by atoms with E-state index in [1.165, 1.54) is 13.0 Å². The van der Waals surface area contributed by atoms with Crippen molar-refractivity contribution >= 4 is 11.4 Å². The minimum absolute atomic E-state index is 0.00930. The Kier molecular flexibility index (Phi) is 7.04. The zero-order chi connectivity index (χ0) is 19.1. The van der Waals surface area contributed by atoms with Gasteiger partial charge in [-0.05, 0) is 43.7 Å². The second-order valence-corrected chi connectivity index (χ2v) is 6.22. The third kappa shape index (κ3) is 5.23. The van der Waals surface area contributed by atoms with Gasteiger partial charge < -0.3 is 10.1 Å². The molecule has 0 radical (unpaired) electrons. The SMILES string of the molecule is C=C(CC(CNC)COc1ccc(F)c(F)c1)c1ccccc1C(C)=O. The number of carbonyl (C=O) groups is 1. The molecule has 26 heavy (non-hydrogen) atoms. The minimum atomic E-state index is -0.938. The van der Waals surface area contributed by atoms with Gasteiger partial charge in [-0.2, -0.15) is 0 Å². The largest absolute Gasteiger partial charge is 0.493 e. The molecule has 0 aliphatic heterocycles. The summed E-state index contributed by atoms with van der Waals surface area (Å²) in [7, 11) is 1.83. The Morgan fingerprint density at radius 3 is 2.46 bits per heavy atom. The van der Waals surface area contributed by atoms with Gasteiger partial charge in [-0.15, -0.1) is 0 Å². The Balaban J connectivity index is 2.06. The van der Waals surface area contributed by atoms with Crippen molar-refractivity contribution in [2.75, 3.05) is 20.2 Å². The number of ketones is 1. The Morgan fingerprint density at radius 2 is 1.85 bits per heavy atom. The molecular formula is C21H23F2NO2. The van der Waals surface area contributed by atoms with Crippen LogP contribution in [-0.4, -0.2) is 26.0 Å². The first-order valence-electron chi connectivity index (χ1n) is 8.43. The van der Waals surface area contributed by atoms with E-state index in [0.29, 0.717) is 25.1 Å². The molecule has 2 aromatic carbocycles. The van der Waals surface area contributed by atoms with Crippen LogP contribution in [0.1, 0.15) is 29.3 Å². The maximum atomic E-state index is 13.3. The van der Waals surface area contributed by atoms with Crippen molar-refractivity contribution in [3.8, 4) is 5.75 Å². The molecule has 1 N–H and O–H groups in total. The van der Waals surface area contributed by atoms with Gasteiger partial charge in [0, 0.05) is 24.1 Å². The maximum absolute atomic E-state index is 13.3. The molecule has 0 fully saturated rings. The molecule has 0 aliphatic rings. The van der Waals surface area contributed by atoms with E-state index < -0.39 is 11.6 Å². The summed E-state index contributed by atoms with van der Waals surface area (Å²) in [5.41, 5.74) is 2.31. The number of hydrogen-bond donors (Lipinski definition) is 1. The van der Waals surface area contributed by atoms with Crippen LogP contribution in [0.3, 0.4) is 0 Å². The van der Waals surface area contributed by atoms with E-state index in [2.05, 4.69) is 11.9 Å². The third-order valence-corrected chi connectivity index (χ3v) is 4.09. The number of allylic oxidation sites excluding steroid dienone is 1. The van der Waals surface area contributed by atoms with Crippen molar-refractivity contribution in [3.05, 3.63) is 71.8 Å². The summed E-state index contributed by atoms with van der Waals surface area (Å²) in [4.78, 5) is 11.8. The molecule has 0 bridgehead atoms. The van der Waals surface area contributed by atoms with Crippen LogP contribution in [0.15, 0.2) is 49.0 Å². The number of ether oxygens (including phenoxy) is 1. The Morgan fingerprint density at radius 1 is 1.15 bits per heavy atom. The van der Waals surface area contributed by atoms with E-state index in [4.69, 9.17) is 4.74 Å². The molecule has 0 saturated carbocycles. The van der Waals surface area contributed by atoms with Crippen molar-refractivity contribution in [1.29, 1.82) is 0 Å². The molecule has 0 aromatic heterocycles. The molecule has 0 heterocycles. The van der Waals surface area contributed by atoms with Gasteiger partial charge in [-0.3, -0.25) is 4.79 Å². The fourth-order valence-electron chi connectivity index (χ4n) is 2.82. The van der Waals surface area contributed by atoms with E-state index in [9.17, 15) is 13.6 Å². The van der Waals surface area contributed by atoms with Crippen molar-refractivity contribution < 1.29 is 18.3 Å². The number of halogens is 2. The van der Waals surface area contributed by atoms with E-state index in [1.54, 1.807) is 6.07 Å². The summed E-state index contributed by atoms with van der Waals surface area (Å²) < 4.78 is 31.9. The normalized spacial score (nSPS) is 11.8. The quantitative estimate of drug-likeness (QED) is 0.671. The third-order valence-electron chi connectivity index (χ3n) is 4.09. The lowest BCUT2D eigenvalue weighted by molar-refractivity contribution is 0.101. The molecule has 1 unspecified atom stereocenters. The van der Waals surface area contributed by atoms with Crippen LogP contribution in [0.4, 0.5) is 8.78 Å². The van der Waals surface area contributed by atoms with E-state index in [1.807, 2.05) is 25.2 Å². The Bertz CT molecular complexity index is 789. The molecule has 0 amide bonds. The second-order valence-electron chi connectivity index (χ2n) is 6.22. The lowest BCUT2D eigenvalue weighted by Crippen LogP contribution is -2.25. The summed E-state index contributed by atoms with van der Waals surface area (Å²) in [5.74, 6) is -1.52. The molecule has 0 saturated heterocycles. The van der Waals surface area contributed by atoms with E-state index in [0.717, 1.165) is 23.3 Å². The highest BCUT2D eigenvalue weighted by Crippen LogP contribution is 2.25. The van der Waals surface area contributed by atoms with Gasteiger partial charge in [-0.1, -0.05) is 30.8 Å². The van der Waals surface area contributed by atoms with Gasteiger partial charge in [0.2, 0.25) is 0 Å². The average molecular weight is 359 g/mol. The lowest BCUT2D eigenvalue weighted by Gasteiger charge is -2.20. The highest BCUT2D eigenvalue weighted by Gasteiger charge is 2.16. The summed E-state index contributed by atoms with van der Waals surface area (Å²) in [6.07, 6.45) is 0.606. The minimum Gasteiger partial charge on any atom is -0.493 e. The molecule has 138 valence electrons. The first-order chi connectivity index (χ1) is 12.4. The van der Waals surface area contributed by atoms with Gasteiger partial charge in [0.25, 0.3) is 0 Å². The smallest absolute Gasteiger partial charge is 0.162 e. The Hall–Kier alpha value is -2.53. The zero-order valence-corrected chi connectivity index (χ0v) is 15.0. The average Bonchev–Trinajstić information content (AvgIpc) is 2.62. The number of carbonyl (C=O) groups excluding carboxylic acids is 1. The van der Waals surface area contributed by atoms with Crippen molar-refractivity contribution in [1.82, 2.24) is 5.32 Å². The van der Waals surface area contributed by atoms with Crippen molar-refractivity contribution in [2.24, 2.45) is 5.92 Å². The number of rotatable bonds is 9. The topological polar surface area (TPSA) is 38.3 Å². The molecule has 0 aliphatic carbocycles. The summed E-state index contributed by atoms with van der Waals surface area (Å²) in [6, 6.07) is 10.8. The van der Waals surface area contributed by atoms with Gasteiger partial charge in [0.15, 0.2) is 17.4 Å². The molecule has 2 rings (SSSR count). The van der Waals surface area contributed by atoms with Gasteiger partial charge in [0.1, 0.15) is 5.75 Å². The summed E-state index contributed by atoms with van der Waals surface area (Å²) in [5, 5.41) is 3.10. The number of hydrogen-bond acceptors (Lipinski definition) is 3. The molecule has 5 heteroatoms. The molecule has 1 atom stereocenters. The number of Topliss-reactive ketones (excluding diaryl/α,β-unsaturated/α-hetero) is 1. The molecular weight excluding hydrogens is 336 g/mol. The first kappa shape index (κ1) is 19.8. The molecule has 3 nitrogen and oxygen atoms in total. The fourth-order valence-corrected chi connectivity index (χ4v) is 2.82. The van der Waals surface area contributed by atoms with Crippen LogP contribution in [0.5, 0.6) is 5.75 Å².